The van der Waals surface area contributed by atoms with Gasteiger partial charge >= 0.3 is 0 Å². The van der Waals surface area contributed by atoms with Gasteiger partial charge in [0.05, 0.1) is 19.8 Å². The number of amides is 2. The van der Waals surface area contributed by atoms with Crippen molar-refractivity contribution in [1.29, 1.82) is 0 Å². The molecule has 0 saturated heterocycles. The fraction of sp³-hybridized carbons (Fsp3) is 0.923. The van der Waals surface area contributed by atoms with E-state index in [0.29, 0.717) is 32.8 Å². The zero-order valence-electron chi connectivity index (χ0n) is 21.0. The molecule has 0 atom stereocenters. The normalized spacial score (nSPS) is 11.0. The molecule has 0 saturated carbocycles. The van der Waals surface area contributed by atoms with Crippen LogP contribution in [0, 0.1) is 0 Å². The number of ether oxygens (including phenoxy) is 2. The number of unbranched alkanes of at least 4 members (excludes halogenated alkanes) is 16. The molecular formula is C26H52N2O4. The molecule has 0 rings (SSSR count). The largest absolute Gasteiger partial charge is 0.377 e. The van der Waals surface area contributed by atoms with Crippen molar-refractivity contribution in [3.63, 3.8) is 0 Å². The van der Waals surface area contributed by atoms with Gasteiger partial charge in [-0.05, 0) is 6.42 Å². The lowest BCUT2D eigenvalue weighted by Crippen LogP contribution is -2.27. The van der Waals surface area contributed by atoms with Crippen molar-refractivity contribution in [3.05, 3.63) is 0 Å². The first-order chi connectivity index (χ1) is 15.7. The molecule has 3 N–H and O–H groups in total. The van der Waals surface area contributed by atoms with Gasteiger partial charge in [-0.25, -0.2) is 0 Å². The number of hydrogen-bond acceptors (Lipinski definition) is 4. The third kappa shape index (κ3) is 26.9. The third-order valence-corrected chi connectivity index (χ3v) is 5.69. The van der Waals surface area contributed by atoms with Crippen LogP contribution in [0.4, 0.5) is 0 Å². The number of nitrogens with one attached hydrogen (secondary N) is 1. The molecule has 190 valence electrons. The van der Waals surface area contributed by atoms with E-state index in [0.717, 1.165) is 12.8 Å². The van der Waals surface area contributed by atoms with E-state index in [9.17, 15) is 9.59 Å². The van der Waals surface area contributed by atoms with Crippen molar-refractivity contribution >= 4 is 11.8 Å². The monoisotopic (exact) mass is 456 g/mol. The Kier molecular flexibility index (Phi) is 25.2. The maximum Gasteiger partial charge on any atom is 0.243 e. The summed E-state index contributed by atoms with van der Waals surface area (Å²) in [7, 11) is 0. The average molecular weight is 457 g/mol. The van der Waals surface area contributed by atoms with Crippen LogP contribution in [0.1, 0.15) is 122 Å². The van der Waals surface area contributed by atoms with Gasteiger partial charge in [-0.2, -0.15) is 0 Å². The highest BCUT2D eigenvalue weighted by Gasteiger charge is 2.01. The molecule has 0 fully saturated rings. The van der Waals surface area contributed by atoms with E-state index < -0.39 is 5.91 Å². The van der Waals surface area contributed by atoms with E-state index in [1.54, 1.807) is 0 Å². The van der Waals surface area contributed by atoms with Crippen LogP contribution in [0.5, 0.6) is 0 Å². The summed E-state index contributed by atoms with van der Waals surface area (Å²) in [6.45, 7) is 3.87. The number of nitrogens with two attached hydrogens (primary N) is 1. The number of rotatable bonds is 26. The molecule has 32 heavy (non-hydrogen) atoms. The van der Waals surface area contributed by atoms with Crippen molar-refractivity contribution in [1.82, 2.24) is 5.32 Å². The number of carbonyl (C=O) groups excluding carboxylic acids is 2. The first-order valence-electron chi connectivity index (χ1n) is 13.4. The standard InChI is InChI=1S/C26H52N2O4/c1-2-3-4-5-6-7-8-9-10-11-12-13-14-15-16-17-18-19-26(30)28-20-21-31-22-23-32-24-25(27)29/h2-24H2,1H3,(H2,27,29)(H,28,30). The van der Waals surface area contributed by atoms with E-state index in [2.05, 4.69) is 12.2 Å². The van der Waals surface area contributed by atoms with Gasteiger partial charge in [0.1, 0.15) is 6.61 Å². The Morgan fingerprint density at radius 1 is 0.625 bits per heavy atom. The molecule has 0 aliphatic carbocycles. The molecule has 0 bridgehead atoms. The zero-order chi connectivity index (χ0) is 23.5. The summed E-state index contributed by atoms with van der Waals surface area (Å²) in [6.07, 6.45) is 23.5. The van der Waals surface area contributed by atoms with Crippen molar-refractivity contribution in [3.8, 4) is 0 Å². The molecule has 0 heterocycles. The highest BCUT2D eigenvalue weighted by Crippen LogP contribution is 2.14. The van der Waals surface area contributed by atoms with Gasteiger partial charge in [0.15, 0.2) is 0 Å². The van der Waals surface area contributed by atoms with Crippen LogP contribution < -0.4 is 11.1 Å². The summed E-state index contributed by atoms with van der Waals surface area (Å²) < 4.78 is 10.3. The van der Waals surface area contributed by atoms with Gasteiger partial charge in [-0.3, -0.25) is 9.59 Å². The highest BCUT2D eigenvalue weighted by molar-refractivity contribution is 5.75. The minimum absolute atomic E-state index is 0.0839. The lowest BCUT2D eigenvalue weighted by Gasteiger charge is -2.07. The molecule has 0 aromatic heterocycles. The average Bonchev–Trinajstić information content (AvgIpc) is 2.77. The van der Waals surface area contributed by atoms with Gasteiger partial charge in [0, 0.05) is 13.0 Å². The van der Waals surface area contributed by atoms with Crippen LogP contribution in [0.2, 0.25) is 0 Å². The fourth-order valence-electron chi connectivity index (χ4n) is 3.75. The lowest BCUT2D eigenvalue weighted by atomic mass is 10.0. The molecule has 2 amide bonds. The van der Waals surface area contributed by atoms with E-state index >= 15 is 0 Å². The molecule has 0 aliphatic rings. The van der Waals surface area contributed by atoms with Crippen LogP contribution in [0.15, 0.2) is 0 Å². The maximum atomic E-state index is 11.8. The van der Waals surface area contributed by atoms with Crippen molar-refractivity contribution in [2.75, 3.05) is 33.0 Å². The molecule has 0 radical (unpaired) electrons. The molecule has 6 heteroatoms. The summed E-state index contributed by atoms with van der Waals surface area (Å²) in [5, 5.41) is 2.87. The molecule has 6 nitrogen and oxygen atoms in total. The molecule has 0 aliphatic heterocycles. The first-order valence-corrected chi connectivity index (χ1v) is 13.4. The second-order valence-electron chi connectivity index (χ2n) is 8.89. The van der Waals surface area contributed by atoms with Gasteiger partial charge in [0.2, 0.25) is 11.8 Å². The number of hydrogen-bond donors (Lipinski definition) is 2. The Morgan fingerprint density at radius 3 is 1.53 bits per heavy atom. The quantitative estimate of drug-likeness (QED) is 0.164. The summed E-state index contributed by atoms with van der Waals surface area (Å²) >= 11 is 0. The molecular weight excluding hydrogens is 404 g/mol. The van der Waals surface area contributed by atoms with Crippen molar-refractivity contribution in [2.24, 2.45) is 5.73 Å². The number of primary amides is 1. The van der Waals surface area contributed by atoms with Crippen LogP contribution in [0.3, 0.4) is 0 Å². The predicted molar refractivity (Wildman–Crippen MR) is 133 cm³/mol. The molecule has 0 unspecified atom stereocenters. The Labute approximate surface area is 197 Å². The second-order valence-corrected chi connectivity index (χ2v) is 8.89. The number of carbonyl (C=O) groups is 2. The first kappa shape index (κ1) is 30.9. The summed E-state index contributed by atoms with van der Waals surface area (Å²) in [6, 6.07) is 0. The minimum Gasteiger partial charge on any atom is -0.377 e. The maximum absolute atomic E-state index is 11.8. The van der Waals surface area contributed by atoms with Gasteiger partial charge in [0.25, 0.3) is 0 Å². The molecule has 0 spiro atoms. The van der Waals surface area contributed by atoms with Crippen molar-refractivity contribution < 1.29 is 19.1 Å². The van der Waals surface area contributed by atoms with Crippen LogP contribution in [-0.4, -0.2) is 44.8 Å². The Balaban J connectivity index is 3.14. The molecule has 0 aromatic carbocycles. The van der Waals surface area contributed by atoms with Gasteiger partial charge in [-0.15, -0.1) is 0 Å². The van der Waals surface area contributed by atoms with E-state index in [1.807, 2.05) is 0 Å². The Morgan fingerprint density at radius 2 is 1.06 bits per heavy atom. The smallest absolute Gasteiger partial charge is 0.243 e. The summed E-state index contributed by atoms with van der Waals surface area (Å²) in [5.74, 6) is -0.388. The summed E-state index contributed by atoms with van der Waals surface area (Å²) in [5.41, 5.74) is 4.96. The third-order valence-electron chi connectivity index (χ3n) is 5.69. The van der Waals surface area contributed by atoms with E-state index in [-0.39, 0.29) is 12.5 Å². The summed E-state index contributed by atoms with van der Waals surface area (Å²) in [4.78, 5) is 22.3. The Bertz CT molecular complexity index is 419. The Hall–Kier alpha value is -1.14. The van der Waals surface area contributed by atoms with Crippen molar-refractivity contribution in [2.45, 2.75) is 122 Å². The molecule has 0 aromatic rings. The topological polar surface area (TPSA) is 90.7 Å². The van der Waals surface area contributed by atoms with Crippen LogP contribution >= 0.6 is 0 Å². The van der Waals surface area contributed by atoms with E-state index in [1.165, 1.54) is 96.3 Å². The zero-order valence-corrected chi connectivity index (χ0v) is 21.0. The fourth-order valence-corrected chi connectivity index (χ4v) is 3.75. The van der Waals surface area contributed by atoms with Gasteiger partial charge < -0.3 is 20.5 Å². The minimum atomic E-state index is -0.485. The van der Waals surface area contributed by atoms with Gasteiger partial charge in [-0.1, -0.05) is 110 Å². The lowest BCUT2D eigenvalue weighted by molar-refractivity contribution is -0.123. The highest BCUT2D eigenvalue weighted by atomic mass is 16.5. The predicted octanol–water partition coefficient (Wildman–Crippen LogP) is 5.66. The SMILES string of the molecule is CCCCCCCCCCCCCCCCCCCC(=O)NCCOCCOCC(N)=O. The second kappa shape index (κ2) is 26.1. The van der Waals surface area contributed by atoms with E-state index in [4.69, 9.17) is 15.2 Å². The van der Waals surface area contributed by atoms with Crippen LogP contribution in [0.25, 0.3) is 0 Å². The van der Waals surface area contributed by atoms with Crippen LogP contribution in [-0.2, 0) is 19.1 Å².